The molecular formula is C19H20O4. The summed E-state index contributed by atoms with van der Waals surface area (Å²) in [6.07, 6.45) is 3.03. The molecule has 0 amide bonds. The quantitative estimate of drug-likeness (QED) is 0.601. The monoisotopic (exact) mass is 312 g/mol. The summed E-state index contributed by atoms with van der Waals surface area (Å²) in [6, 6.07) is 13.2. The molecule has 0 N–H and O–H groups in total. The van der Waals surface area contributed by atoms with Gasteiger partial charge in [0.25, 0.3) is 0 Å². The Bertz CT molecular complexity index is 704. The van der Waals surface area contributed by atoms with E-state index in [2.05, 4.69) is 0 Å². The van der Waals surface area contributed by atoms with Gasteiger partial charge in [0, 0.05) is 11.6 Å². The van der Waals surface area contributed by atoms with Crippen LogP contribution in [0.1, 0.15) is 16.7 Å². The number of rotatable bonds is 6. The van der Waals surface area contributed by atoms with Crippen LogP contribution < -0.4 is 9.47 Å². The highest BCUT2D eigenvalue weighted by Crippen LogP contribution is 2.25. The number of carbonyl (C=O) groups excluding carboxylic acids is 1. The first kappa shape index (κ1) is 16.6. The zero-order chi connectivity index (χ0) is 16.7. The van der Waals surface area contributed by atoms with Gasteiger partial charge in [-0.25, -0.2) is 4.79 Å². The van der Waals surface area contributed by atoms with Gasteiger partial charge in [0.2, 0.25) is 0 Å². The van der Waals surface area contributed by atoms with Crippen LogP contribution in [0.25, 0.3) is 6.08 Å². The molecule has 0 spiro atoms. The Balaban J connectivity index is 2.00. The van der Waals surface area contributed by atoms with Crippen molar-refractivity contribution < 1.29 is 19.0 Å². The van der Waals surface area contributed by atoms with Crippen molar-refractivity contribution in [1.82, 2.24) is 0 Å². The Labute approximate surface area is 136 Å². The van der Waals surface area contributed by atoms with Crippen LogP contribution in [0.2, 0.25) is 0 Å². The SMILES string of the molecule is COc1ccc(OC)c(/C=C/C(=O)OCc2cccc(C)c2)c1. The van der Waals surface area contributed by atoms with E-state index in [1.54, 1.807) is 38.5 Å². The van der Waals surface area contributed by atoms with Crippen LogP contribution in [0, 0.1) is 6.92 Å². The zero-order valence-electron chi connectivity index (χ0n) is 13.5. The van der Waals surface area contributed by atoms with Gasteiger partial charge in [-0.15, -0.1) is 0 Å². The van der Waals surface area contributed by atoms with Gasteiger partial charge >= 0.3 is 5.97 Å². The molecule has 0 saturated heterocycles. The van der Waals surface area contributed by atoms with Crippen molar-refractivity contribution in [1.29, 1.82) is 0 Å². The van der Waals surface area contributed by atoms with E-state index in [0.717, 1.165) is 16.7 Å². The predicted octanol–water partition coefficient (Wildman–Crippen LogP) is 3.77. The van der Waals surface area contributed by atoms with Crippen LogP contribution >= 0.6 is 0 Å². The second-order valence-corrected chi connectivity index (χ2v) is 5.04. The van der Waals surface area contributed by atoms with Gasteiger partial charge in [-0.1, -0.05) is 29.8 Å². The Morgan fingerprint density at radius 3 is 2.61 bits per heavy atom. The molecule has 0 atom stereocenters. The number of benzene rings is 2. The summed E-state index contributed by atoms with van der Waals surface area (Å²) in [6.45, 7) is 2.25. The molecule has 2 aromatic rings. The minimum absolute atomic E-state index is 0.250. The lowest BCUT2D eigenvalue weighted by Gasteiger charge is -2.07. The van der Waals surface area contributed by atoms with Crippen LogP contribution in [-0.4, -0.2) is 20.2 Å². The molecule has 0 aliphatic carbocycles. The average Bonchev–Trinajstić information content (AvgIpc) is 2.57. The lowest BCUT2D eigenvalue weighted by Crippen LogP contribution is -2.01. The van der Waals surface area contributed by atoms with Gasteiger partial charge in [0.1, 0.15) is 18.1 Å². The molecule has 0 unspecified atom stereocenters. The second-order valence-electron chi connectivity index (χ2n) is 5.04. The fourth-order valence-corrected chi connectivity index (χ4v) is 2.13. The largest absolute Gasteiger partial charge is 0.497 e. The molecule has 0 radical (unpaired) electrons. The van der Waals surface area contributed by atoms with Crippen molar-refractivity contribution in [3.63, 3.8) is 0 Å². The fourth-order valence-electron chi connectivity index (χ4n) is 2.13. The Kier molecular flexibility index (Phi) is 5.80. The lowest BCUT2D eigenvalue weighted by atomic mass is 10.1. The molecule has 4 nitrogen and oxygen atoms in total. The molecule has 0 saturated carbocycles. The van der Waals surface area contributed by atoms with Crippen molar-refractivity contribution in [2.75, 3.05) is 14.2 Å². The fraction of sp³-hybridized carbons (Fsp3) is 0.211. The van der Waals surface area contributed by atoms with Gasteiger partial charge in [-0.05, 0) is 36.8 Å². The summed E-state index contributed by atoms with van der Waals surface area (Å²) >= 11 is 0. The van der Waals surface area contributed by atoms with Gasteiger partial charge in [0.15, 0.2) is 0 Å². The number of esters is 1. The van der Waals surface area contributed by atoms with E-state index in [4.69, 9.17) is 14.2 Å². The first-order chi connectivity index (χ1) is 11.1. The first-order valence-electron chi connectivity index (χ1n) is 7.25. The highest BCUT2D eigenvalue weighted by atomic mass is 16.5. The normalized spacial score (nSPS) is 10.6. The Morgan fingerprint density at radius 2 is 1.91 bits per heavy atom. The molecule has 0 heterocycles. The molecule has 23 heavy (non-hydrogen) atoms. The van der Waals surface area contributed by atoms with Crippen molar-refractivity contribution in [3.05, 3.63) is 65.2 Å². The molecule has 0 aromatic heterocycles. The molecular weight excluding hydrogens is 292 g/mol. The van der Waals surface area contributed by atoms with E-state index >= 15 is 0 Å². The van der Waals surface area contributed by atoms with E-state index in [0.29, 0.717) is 11.5 Å². The van der Waals surface area contributed by atoms with Crippen molar-refractivity contribution >= 4 is 12.0 Å². The second kappa shape index (κ2) is 8.03. The van der Waals surface area contributed by atoms with Crippen LogP contribution in [0.3, 0.4) is 0 Å². The maximum Gasteiger partial charge on any atom is 0.331 e. The van der Waals surface area contributed by atoms with E-state index in [1.807, 2.05) is 31.2 Å². The van der Waals surface area contributed by atoms with E-state index < -0.39 is 5.97 Å². The first-order valence-corrected chi connectivity index (χ1v) is 7.25. The Hall–Kier alpha value is -2.75. The Morgan fingerprint density at radius 1 is 1.09 bits per heavy atom. The van der Waals surface area contributed by atoms with Crippen LogP contribution in [0.15, 0.2) is 48.5 Å². The molecule has 0 aliphatic heterocycles. The number of methoxy groups -OCH3 is 2. The molecule has 120 valence electrons. The summed E-state index contributed by atoms with van der Waals surface area (Å²) in [7, 11) is 3.17. The zero-order valence-corrected chi connectivity index (χ0v) is 13.5. The maximum absolute atomic E-state index is 11.8. The van der Waals surface area contributed by atoms with Gasteiger partial charge in [0.05, 0.1) is 14.2 Å². The predicted molar refractivity (Wildman–Crippen MR) is 89.6 cm³/mol. The number of hydrogen-bond donors (Lipinski definition) is 0. The van der Waals surface area contributed by atoms with Crippen LogP contribution in [-0.2, 0) is 16.1 Å². The summed E-state index contributed by atoms with van der Waals surface area (Å²) < 4.78 is 15.7. The molecule has 0 fully saturated rings. The third-order valence-corrected chi connectivity index (χ3v) is 3.30. The lowest BCUT2D eigenvalue weighted by molar-refractivity contribution is -0.138. The van der Waals surface area contributed by atoms with Gasteiger partial charge in [-0.2, -0.15) is 0 Å². The minimum atomic E-state index is -0.406. The highest BCUT2D eigenvalue weighted by Gasteiger charge is 2.04. The van der Waals surface area contributed by atoms with E-state index in [1.165, 1.54) is 6.08 Å². The third-order valence-electron chi connectivity index (χ3n) is 3.30. The maximum atomic E-state index is 11.8. The standard InChI is InChI=1S/C19H20O4/c1-14-5-4-6-15(11-14)13-23-19(20)10-7-16-12-17(21-2)8-9-18(16)22-3/h4-12H,13H2,1-3H3/b10-7+. The molecule has 0 bridgehead atoms. The summed E-state index contributed by atoms with van der Waals surface area (Å²) in [5, 5.41) is 0. The number of carbonyl (C=O) groups is 1. The van der Waals surface area contributed by atoms with Crippen molar-refractivity contribution in [3.8, 4) is 11.5 Å². The van der Waals surface area contributed by atoms with Crippen LogP contribution in [0.4, 0.5) is 0 Å². The minimum Gasteiger partial charge on any atom is -0.497 e. The van der Waals surface area contributed by atoms with Crippen LogP contribution in [0.5, 0.6) is 11.5 Å². The third kappa shape index (κ3) is 4.88. The average molecular weight is 312 g/mol. The summed E-state index contributed by atoms with van der Waals surface area (Å²) in [5.74, 6) is 0.948. The van der Waals surface area contributed by atoms with E-state index in [-0.39, 0.29) is 6.61 Å². The summed E-state index contributed by atoms with van der Waals surface area (Å²) in [5.41, 5.74) is 2.85. The van der Waals surface area contributed by atoms with Gasteiger partial charge in [-0.3, -0.25) is 0 Å². The topological polar surface area (TPSA) is 44.8 Å². The molecule has 4 heteroatoms. The number of aryl methyl sites for hydroxylation is 1. The van der Waals surface area contributed by atoms with Crippen molar-refractivity contribution in [2.24, 2.45) is 0 Å². The van der Waals surface area contributed by atoms with Gasteiger partial charge < -0.3 is 14.2 Å². The molecule has 0 aliphatic rings. The number of hydrogen-bond acceptors (Lipinski definition) is 4. The van der Waals surface area contributed by atoms with Crippen molar-refractivity contribution in [2.45, 2.75) is 13.5 Å². The number of ether oxygens (including phenoxy) is 3. The van der Waals surface area contributed by atoms with E-state index in [9.17, 15) is 4.79 Å². The highest BCUT2D eigenvalue weighted by molar-refractivity contribution is 5.87. The molecule has 2 rings (SSSR count). The smallest absolute Gasteiger partial charge is 0.331 e. The molecule has 2 aromatic carbocycles. The summed E-state index contributed by atoms with van der Waals surface area (Å²) in [4.78, 5) is 11.8.